The van der Waals surface area contributed by atoms with E-state index in [2.05, 4.69) is 0 Å². The van der Waals surface area contributed by atoms with Gasteiger partial charge in [0, 0.05) is 17.2 Å². The standard InChI is InChI=1S/C15H12ClNO6/c16-10-1-4-12(5-2-10)22-7-8-23-14-6-3-11(17(20)21)9-13(14)15(18)19/h1-6,9H,7-8H2,(H,18,19). The molecule has 1 N–H and O–H groups in total. The van der Waals surface area contributed by atoms with Crippen LogP contribution in [0.3, 0.4) is 0 Å². The third-order valence-corrected chi connectivity index (χ3v) is 3.08. The van der Waals surface area contributed by atoms with Gasteiger partial charge in [-0.1, -0.05) is 11.6 Å². The van der Waals surface area contributed by atoms with Crippen molar-refractivity contribution in [1.29, 1.82) is 0 Å². The number of nitrogens with zero attached hydrogens (tertiary/aromatic N) is 1. The van der Waals surface area contributed by atoms with Gasteiger partial charge in [0.2, 0.25) is 0 Å². The van der Waals surface area contributed by atoms with Crippen molar-refractivity contribution in [2.75, 3.05) is 13.2 Å². The molecule has 0 fully saturated rings. The highest BCUT2D eigenvalue weighted by Gasteiger charge is 2.17. The number of non-ortho nitro benzene ring substituents is 1. The van der Waals surface area contributed by atoms with Gasteiger partial charge in [0.05, 0.1) is 4.92 Å². The van der Waals surface area contributed by atoms with Gasteiger partial charge < -0.3 is 14.6 Å². The van der Waals surface area contributed by atoms with Crippen LogP contribution in [0, 0.1) is 10.1 Å². The summed E-state index contributed by atoms with van der Waals surface area (Å²) in [5.74, 6) is -0.662. The van der Waals surface area contributed by atoms with E-state index in [1.165, 1.54) is 12.1 Å². The Morgan fingerprint density at radius 1 is 1.13 bits per heavy atom. The van der Waals surface area contributed by atoms with E-state index in [1.54, 1.807) is 24.3 Å². The van der Waals surface area contributed by atoms with E-state index in [-0.39, 0.29) is 30.2 Å². The Balaban J connectivity index is 1.96. The molecule has 2 aromatic rings. The van der Waals surface area contributed by atoms with Gasteiger partial charge in [0.25, 0.3) is 5.69 Å². The molecule has 0 aliphatic rings. The quantitative estimate of drug-likeness (QED) is 0.472. The number of carboxylic acids is 1. The number of halogens is 1. The minimum Gasteiger partial charge on any atom is -0.490 e. The first-order chi connectivity index (χ1) is 11.0. The Morgan fingerprint density at radius 2 is 1.78 bits per heavy atom. The van der Waals surface area contributed by atoms with Gasteiger partial charge in [-0.05, 0) is 30.3 Å². The Bertz CT molecular complexity index is 716. The van der Waals surface area contributed by atoms with Crippen LogP contribution < -0.4 is 9.47 Å². The summed E-state index contributed by atoms with van der Waals surface area (Å²) >= 11 is 5.75. The van der Waals surface area contributed by atoms with Crippen LogP contribution in [-0.4, -0.2) is 29.2 Å². The molecule has 0 heterocycles. The predicted molar refractivity (Wildman–Crippen MR) is 82.5 cm³/mol. The van der Waals surface area contributed by atoms with Crippen LogP contribution in [0.25, 0.3) is 0 Å². The van der Waals surface area contributed by atoms with Gasteiger partial charge >= 0.3 is 5.97 Å². The zero-order valence-corrected chi connectivity index (χ0v) is 12.5. The molecule has 0 saturated heterocycles. The lowest BCUT2D eigenvalue weighted by atomic mass is 10.2. The van der Waals surface area contributed by atoms with Crippen molar-refractivity contribution in [3.8, 4) is 11.5 Å². The van der Waals surface area contributed by atoms with E-state index in [4.69, 9.17) is 26.2 Å². The van der Waals surface area contributed by atoms with Crippen molar-refractivity contribution in [3.05, 3.63) is 63.2 Å². The van der Waals surface area contributed by atoms with Crippen molar-refractivity contribution in [3.63, 3.8) is 0 Å². The number of carboxylic acid groups (broad SMARTS) is 1. The normalized spacial score (nSPS) is 10.1. The summed E-state index contributed by atoms with van der Waals surface area (Å²) in [4.78, 5) is 21.1. The molecule has 8 heteroatoms. The van der Waals surface area contributed by atoms with Gasteiger partial charge in [-0.2, -0.15) is 0 Å². The number of ether oxygens (including phenoxy) is 2. The fraction of sp³-hybridized carbons (Fsp3) is 0.133. The summed E-state index contributed by atoms with van der Waals surface area (Å²) in [5, 5.41) is 20.3. The second kappa shape index (κ2) is 7.46. The predicted octanol–water partition coefficient (Wildman–Crippen LogP) is 3.40. The molecule has 7 nitrogen and oxygen atoms in total. The molecule has 0 aliphatic heterocycles. The number of carbonyl (C=O) groups is 1. The smallest absolute Gasteiger partial charge is 0.339 e. The average molecular weight is 338 g/mol. The molecule has 0 spiro atoms. The molecular weight excluding hydrogens is 326 g/mol. The summed E-state index contributed by atoms with van der Waals surface area (Å²) in [5.41, 5.74) is -0.585. The zero-order chi connectivity index (χ0) is 16.8. The average Bonchev–Trinajstić information content (AvgIpc) is 2.53. The van der Waals surface area contributed by atoms with E-state index in [0.29, 0.717) is 10.8 Å². The van der Waals surface area contributed by atoms with Gasteiger partial charge in [-0.25, -0.2) is 4.79 Å². The number of benzene rings is 2. The van der Waals surface area contributed by atoms with Crippen LogP contribution in [-0.2, 0) is 0 Å². The molecule has 0 bridgehead atoms. The van der Waals surface area contributed by atoms with Crippen molar-refractivity contribution >= 4 is 23.3 Å². The maximum atomic E-state index is 11.1. The number of rotatable bonds is 7. The Labute approximate surface area is 136 Å². The molecule has 23 heavy (non-hydrogen) atoms. The van der Waals surface area contributed by atoms with E-state index >= 15 is 0 Å². The second-order valence-electron chi connectivity index (χ2n) is 4.39. The Morgan fingerprint density at radius 3 is 2.39 bits per heavy atom. The van der Waals surface area contributed by atoms with Crippen LogP contribution in [0.1, 0.15) is 10.4 Å². The molecule has 0 saturated carbocycles. The summed E-state index contributed by atoms with van der Waals surface area (Å²) in [6, 6.07) is 10.1. The molecule has 2 rings (SSSR count). The molecule has 2 aromatic carbocycles. The summed E-state index contributed by atoms with van der Waals surface area (Å²) in [6.45, 7) is 0.262. The van der Waals surface area contributed by atoms with Gasteiger partial charge in [0.15, 0.2) is 0 Å². The summed E-state index contributed by atoms with van der Waals surface area (Å²) < 4.78 is 10.7. The lowest BCUT2D eigenvalue weighted by molar-refractivity contribution is -0.384. The van der Waals surface area contributed by atoms with Crippen LogP contribution in [0.2, 0.25) is 5.02 Å². The molecule has 0 unspecified atom stereocenters. The monoisotopic (exact) mass is 337 g/mol. The maximum Gasteiger partial charge on any atom is 0.339 e. The minimum absolute atomic E-state index is 0.0443. The highest BCUT2D eigenvalue weighted by molar-refractivity contribution is 6.30. The Hall–Kier alpha value is -2.80. The summed E-state index contributed by atoms with van der Waals surface area (Å²) in [7, 11) is 0. The van der Waals surface area contributed by atoms with Crippen LogP contribution in [0.4, 0.5) is 5.69 Å². The summed E-state index contributed by atoms with van der Waals surface area (Å²) in [6.07, 6.45) is 0. The van der Waals surface area contributed by atoms with Crippen LogP contribution >= 0.6 is 11.6 Å². The van der Waals surface area contributed by atoms with Crippen molar-refractivity contribution in [1.82, 2.24) is 0 Å². The number of aromatic carboxylic acids is 1. The molecule has 0 aliphatic carbocycles. The lowest BCUT2D eigenvalue weighted by Crippen LogP contribution is -2.11. The van der Waals surface area contributed by atoms with Crippen molar-refractivity contribution in [2.45, 2.75) is 0 Å². The SMILES string of the molecule is O=C(O)c1cc([N+](=O)[O-])ccc1OCCOc1ccc(Cl)cc1. The Kier molecular flexibility index (Phi) is 5.37. The van der Waals surface area contributed by atoms with Crippen LogP contribution in [0.15, 0.2) is 42.5 Å². The minimum atomic E-state index is -1.30. The number of nitro groups is 1. The third-order valence-electron chi connectivity index (χ3n) is 2.83. The van der Waals surface area contributed by atoms with Gasteiger partial charge in [-0.3, -0.25) is 10.1 Å². The molecule has 120 valence electrons. The fourth-order valence-corrected chi connectivity index (χ4v) is 1.89. The topological polar surface area (TPSA) is 98.9 Å². The maximum absolute atomic E-state index is 11.1. The highest BCUT2D eigenvalue weighted by Crippen LogP contribution is 2.24. The van der Waals surface area contributed by atoms with E-state index < -0.39 is 10.9 Å². The zero-order valence-electron chi connectivity index (χ0n) is 11.8. The number of nitro benzene ring substituents is 1. The van der Waals surface area contributed by atoms with E-state index in [0.717, 1.165) is 6.07 Å². The highest BCUT2D eigenvalue weighted by atomic mass is 35.5. The largest absolute Gasteiger partial charge is 0.490 e. The third kappa shape index (κ3) is 4.58. The first kappa shape index (κ1) is 16.6. The number of hydrogen-bond donors (Lipinski definition) is 1. The van der Waals surface area contributed by atoms with E-state index in [1.807, 2.05) is 0 Å². The van der Waals surface area contributed by atoms with Crippen molar-refractivity contribution in [2.24, 2.45) is 0 Å². The van der Waals surface area contributed by atoms with E-state index in [9.17, 15) is 14.9 Å². The fourth-order valence-electron chi connectivity index (χ4n) is 1.77. The molecule has 0 amide bonds. The molecule has 0 aromatic heterocycles. The molecule has 0 radical (unpaired) electrons. The van der Waals surface area contributed by atoms with Crippen molar-refractivity contribution < 1.29 is 24.3 Å². The molecular formula is C15H12ClNO6. The van der Waals surface area contributed by atoms with Gasteiger partial charge in [0.1, 0.15) is 30.3 Å². The first-order valence-corrected chi connectivity index (χ1v) is 6.88. The van der Waals surface area contributed by atoms with Crippen LogP contribution in [0.5, 0.6) is 11.5 Å². The lowest BCUT2D eigenvalue weighted by Gasteiger charge is -2.10. The molecule has 0 atom stereocenters. The van der Waals surface area contributed by atoms with Gasteiger partial charge in [-0.15, -0.1) is 0 Å². The number of hydrogen-bond acceptors (Lipinski definition) is 5. The first-order valence-electron chi connectivity index (χ1n) is 6.50. The second-order valence-corrected chi connectivity index (χ2v) is 4.83.